The molecular formula is C15H13N5O2. The first-order valence-electron chi connectivity index (χ1n) is 6.73. The molecule has 7 nitrogen and oxygen atoms in total. The average Bonchev–Trinajstić information content (AvgIpc) is 3.20. The topological polar surface area (TPSA) is 93.5 Å². The Morgan fingerprint density at radius 2 is 1.91 bits per heavy atom. The Kier molecular flexibility index (Phi) is 3.86. The highest BCUT2D eigenvalue weighted by molar-refractivity contribution is 6.42. The van der Waals surface area contributed by atoms with Gasteiger partial charge in [0, 0.05) is 18.4 Å². The molecule has 2 aromatic heterocycles. The SMILES string of the molecule is O=C(Cc1cccn1Cc1ccccc1)C(=O)c1nn[nH]n1. The van der Waals surface area contributed by atoms with Crippen LogP contribution in [0.25, 0.3) is 0 Å². The molecule has 0 atom stereocenters. The number of aromatic nitrogens is 5. The highest BCUT2D eigenvalue weighted by Crippen LogP contribution is 2.09. The molecule has 0 aliphatic rings. The van der Waals surface area contributed by atoms with Crippen LogP contribution in [-0.4, -0.2) is 36.8 Å². The quantitative estimate of drug-likeness (QED) is 0.542. The van der Waals surface area contributed by atoms with E-state index in [2.05, 4.69) is 20.6 Å². The van der Waals surface area contributed by atoms with Crippen molar-refractivity contribution in [3.05, 3.63) is 65.7 Å². The van der Waals surface area contributed by atoms with E-state index >= 15 is 0 Å². The van der Waals surface area contributed by atoms with Crippen LogP contribution >= 0.6 is 0 Å². The molecule has 0 unspecified atom stereocenters. The second kappa shape index (κ2) is 6.13. The predicted molar refractivity (Wildman–Crippen MR) is 77.2 cm³/mol. The number of nitrogens with zero attached hydrogens (tertiary/aromatic N) is 4. The summed E-state index contributed by atoms with van der Waals surface area (Å²) in [5.74, 6) is -1.50. The van der Waals surface area contributed by atoms with Crippen LogP contribution in [-0.2, 0) is 17.8 Å². The minimum atomic E-state index is -0.735. The lowest BCUT2D eigenvalue weighted by atomic mass is 10.1. The Bertz CT molecular complexity index is 777. The molecule has 3 aromatic rings. The third-order valence-electron chi connectivity index (χ3n) is 3.26. The van der Waals surface area contributed by atoms with E-state index in [4.69, 9.17) is 0 Å². The maximum Gasteiger partial charge on any atom is 0.269 e. The molecular weight excluding hydrogens is 282 g/mol. The van der Waals surface area contributed by atoms with Gasteiger partial charge in [-0.1, -0.05) is 30.3 Å². The number of hydrogen-bond donors (Lipinski definition) is 1. The lowest BCUT2D eigenvalue weighted by Crippen LogP contribution is -2.20. The van der Waals surface area contributed by atoms with Crippen molar-refractivity contribution in [1.29, 1.82) is 0 Å². The number of rotatable bonds is 6. The summed E-state index contributed by atoms with van der Waals surface area (Å²) in [6.45, 7) is 0.646. The third-order valence-corrected chi connectivity index (χ3v) is 3.26. The van der Waals surface area contributed by atoms with Crippen molar-refractivity contribution in [2.45, 2.75) is 13.0 Å². The fourth-order valence-electron chi connectivity index (χ4n) is 2.17. The Labute approximate surface area is 126 Å². The Morgan fingerprint density at radius 1 is 1.09 bits per heavy atom. The second-order valence-corrected chi connectivity index (χ2v) is 4.78. The zero-order valence-corrected chi connectivity index (χ0v) is 11.6. The number of ketones is 2. The molecule has 0 spiro atoms. The van der Waals surface area contributed by atoms with Crippen LogP contribution in [0.5, 0.6) is 0 Å². The molecule has 7 heteroatoms. The van der Waals surface area contributed by atoms with Gasteiger partial charge in [0.1, 0.15) is 0 Å². The molecule has 110 valence electrons. The van der Waals surface area contributed by atoms with E-state index in [0.717, 1.165) is 11.3 Å². The Hall–Kier alpha value is -3.09. The monoisotopic (exact) mass is 295 g/mol. The van der Waals surface area contributed by atoms with Gasteiger partial charge in [-0.05, 0) is 22.9 Å². The van der Waals surface area contributed by atoms with E-state index in [0.29, 0.717) is 6.54 Å². The normalized spacial score (nSPS) is 10.5. The van der Waals surface area contributed by atoms with Crippen LogP contribution < -0.4 is 0 Å². The number of benzene rings is 1. The van der Waals surface area contributed by atoms with Crippen molar-refractivity contribution in [3.8, 4) is 0 Å². The summed E-state index contributed by atoms with van der Waals surface area (Å²) in [5.41, 5.74) is 1.89. The second-order valence-electron chi connectivity index (χ2n) is 4.78. The summed E-state index contributed by atoms with van der Waals surface area (Å²) in [6, 6.07) is 13.6. The molecule has 0 saturated carbocycles. The Morgan fingerprint density at radius 3 is 2.64 bits per heavy atom. The van der Waals surface area contributed by atoms with Crippen molar-refractivity contribution >= 4 is 11.6 Å². The molecule has 2 heterocycles. The van der Waals surface area contributed by atoms with Gasteiger partial charge in [-0.25, -0.2) is 0 Å². The van der Waals surface area contributed by atoms with Crippen molar-refractivity contribution < 1.29 is 9.59 Å². The summed E-state index contributed by atoms with van der Waals surface area (Å²) < 4.78 is 1.94. The van der Waals surface area contributed by atoms with E-state index in [1.165, 1.54) is 0 Å². The molecule has 3 rings (SSSR count). The minimum absolute atomic E-state index is 0.00715. The van der Waals surface area contributed by atoms with Crippen LogP contribution in [0.1, 0.15) is 21.9 Å². The first-order valence-corrected chi connectivity index (χ1v) is 6.73. The Balaban J connectivity index is 1.72. The van der Waals surface area contributed by atoms with Crippen LogP contribution in [0, 0.1) is 0 Å². The van der Waals surface area contributed by atoms with Crippen LogP contribution in [0.15, 0.2) is 48.7 Å². The first kappa shape index (κ1) is 13.9. The van der Waals surface area contributed by atoms with Gasteiger partial charge >= 0.3 is 0 Å². The van der Waals surface area contributed by atoms with Crippen LogP contribution in [0.3, 0.4) is 0 Å². The van der Waals surface area contributed by atoms with E-state index in [1.807, 2.05) is 53.2 Å². The van der Waals surface area contributed by atoms with Gasteiger partial charge in [-0.3, -0.25) is 9.59 Å². The molecule has 1 N–H and O–H groups in total. The summed E-state index contributed by atoms with van der Waals surface area (Å²) in [7, 11) is 0. The molecule has 0 radical (unpaired) electrons. The summed E-state index contributed by atoms with van der Waals surface area (Å²) in [6.07, 6.45) is 1.89. The van der Waals surface area contributed by atoms with Crippen molar-refractivity contribution in [2.75, 3.05) is 0 Å². The number of carbonyl (C=O) groups excluding carboxylic acids is 2. The number of hydrogen-bond acceptors (Lipinski definition) is 5. The van der Waals surface area contributed by atoms with Gasteiger partial charge in [-0.15, -0.1) is 10.2 Å². The lowest BCUT2D eigenvalue weighted by molar-refractivity contribution is -0.114. The highest BCUT2D eigenvalue weighted by atomic mass is 16.2. The minimum Gasteiger partial charge on any atom is -0.347 e. The number of H-pyrrole nitrogens is 1. The molecule has 0 bridgehead atoms. The number of tetrazole rings is 1. The first-order chi connectivity index (χ1) is 10.7. The molecule has 1 aromatic carbocycles. The molecule has 22 heavy (non-hydrogen) atoms. The highest BCUT2D eigenvalue weighted by Gasteiger charge is 2.21. The van der Waals surface area contributed by atoms with Crippen molar-refractivity contribution in [1.82, 2.24) is 25.2 Å². The number of Topliss-reactive ketones (excluding diaryl/α,β-unsaturated/α-hetero) is 2. The third kappa shape index (κ3) is 2.98. The van der Waals surface area contributed by atoms with E-state index < -0.39 is 11.6 Å². The fraction of sp³-hybridized carbons (Fsp3) is 0.133. The molecule has 0 saturated heterocycles. The van der Waals surface area contributed by atoms with Gasteiger partial charge in [0.05, 0.1) is 6.42 Å². The maximum atomic E-state index is 12.0. The van der Waals surface area contributed by atoms with Crippen molar-refractivity contribution in [3.63, 3.8) is 0 Å². The van der Waals surface area contributed by atoms with Crippen LogP contribution in [0.4, 0.5) is 0 Å². The largest absolute Gasteiger partial charge is 0.347 e. The zero-order valence-electron chi connectivity index (χ0n) is 11.6. The van der Waals surface area contributed by atoms with Crippen LogP contribution in [0.2, 0.25) is 0 Å². The maximum absolute atomic E-state index is 12.0. The molecule has 0 amide bonds. The van der Waals surface area contributed by atoms with Gasteiger partial charge < -0.3 is 4.57 Å². The molecule has 0 aliphatic heterocycles. The predicted octanol–water partition coefficient (Wildman–Crippen LogP) is 1.04. The molecule has 0 fully saturated rings. The fourth-order valence-corrected chi connectivity index (χ4v) is 2.17. The van der Waals surface area contributed by atoms with Crippen molar-refractivity contribution in [2.24, 2.45) is 0 Å². The molecule has 0 aliphatic carbocycles. The van der Waals surface area contributed by atoms with Gasteiger partial charge in [-0.2, -0.15) is 5.21 Å². The lowest BCUT2D eigenvalue weighted by Gasteiger charge is -2.08. The smallest absolute Gasteiger partial charge is 0.269 e. The zero-order chi connectivity index (χ0) is 15.4. The van der Waals surface area contributed by atoms with E-state index in [9.17, 15) is 9.59 Å². The summed E-state index contributed by atoms with van der Waals surface area (Å²) in [5, 5.41) is 12.5. The van der Waals surface area contributed by atoms with E-state index in [-0.39, 0.29) is 12.2 Å². The van der Waals surface area contributed by atoms with Gasteiger partial charge in [0.2, 0.25) is 11.6 Å². The standard InChI is InChI=1S/C15H13N5O2/c21-13(14(22)15-16-18-19-17-15)9-12-7-4-8-20(12)10-11-5-2-1-3-6-11/h1-8H,9-10H2,(H,16,17,18,19). The summed E-state index contributed by atoms with van der Waals surface area (Å²) >= 11 is 0. The average molecular weight is 295 g/mol. The number of aromatic amines is 1. The van der Waals surface area contributed by atoms with Gasteiger partial charge in [0.15, 0.2) is 0 Å². The van der Waals surface area contributed by atoms with E-state index in [1.54, 1.807) is 0 Å². The van der Waals surface area contributed by atoms with Gasteiger partial charge in [0.25, 0.3) is 5.78 Å². The number of carbonyl (C=O) groups is 2. The number of nitrogens with one attached hydrogen (secondary N) is 1. The summed E-state index contributed by atoms with van der Waals surface area (Å²) in [4.78, 5) is 23.9.